The van der Waals surface area contributed by atoms with Gasteiger partial charge in [-0.1, -0.05) is 164 Å². The highest BCUT2D eigenvalue weighted by molar-refractivity contribution is 6.12. The summed E-state index contributed by atoms with van der Waals surface area (Å²) in [6.07, 6.45) is 6.78. The molecule has 0 aliphatic heterocycles. The van der Waals surface area contributed by atoms with Crippen molar-refractivity contribution >= 4 is 38.7 Å². The monoisotopic (exact) mass is 869 g/mol. The number of hydrogen-bond acceptors (Lipinski definition) is 3. The van der Waals surface area contributed by atoms with Crippen LogP contribution in [-0.4, -0.2) is 14.8 Å². The molecule has 0 saturated carbocycles. The van der Waals surface area contributed by atoms with Gasteiger partial charge in [-0.05, 0) is 163 Å². The van der Waals surface area contributed by atoms with Crippen molar-refractivity contribution in [3.8, 4) is 84.2 Å². The van der Waals surface area contributed by atoms with Crippen LogP contribution >= 0.6 is 0 Å². The van der Waals surface area contributed by atoms with Crippen LogP contribution in [0.4, 0.5) is 0 Å². The summed E-state index contributed by atoms with van der Waals surface area (Å²) in [4.78, 5) is 0. The van der Waals surface area contributed by atoms with Gasteiger partial charge in [0.25, 0.3) is 0 Å². The third kappa shape index (κ3) is 7.02. The molecule has 0 spiro atoms. The molecule has 0 bridgehead atoms. The fourth-order valence-electron chi connectivity index (χ4n) is 10.2. The van der Waals surface area contributed by atoms with E-state index in [2.05, 4.69) is 221 Å². The van der Waals surface area contributed by atoms with E-state index in [9.17, 15) is 0 Å². The highest BCUT2D eigenvalue weighted by atomic mass is 16.4. The van der Waals surface area contributed by atoms with Crippen LogP contribution in [0, 0.1) is 0 Å². The SMILES string of the molecule is C1=Cc2cc(-c3ccc4c(c3)c3cc(-c5ccc6ccccc6c5)ccc3n4-c3ccc(-c4ccccc4-c4ccccc4-c4ccc(-c5nnc(-c6ccccc6)o5)cc4)cc3)ccc2CC1. The van der Waals surface area contributed by atoms with Crippen molar-refractivity contribution < 1.29 is 4.42 Å². The highest BCUT2D eigenvalue weighted by Gasteiger charge is 2.18. The Morgan fingerprint density at radius 3 is 1.51 bits per heavy atom. The van der Waals surface area contributed by atoms with Gasteiger partial charge in [0.15, 0.2) is 0 Å². The van der Waals surface area contributed by atoms with Crippen molar-refractivity contribution in [2.75, 3.05) is 0 Å². The number of allylic oxidation sites excluding steroid dienone is 1. The number of fused-ring (bicyclic) bond motifs is 5. The molecule has 12 aromatic rings. The van der Waals surface area contributed by atoms with Gasteiger partial charge < -0.3 is 8.98 Å². The fraction of sp³-hybridized carbons (Fsp3) is 0.0312. The van der Waals surface area contributed by atoms with Gasteiger partial charge in [-0.15, -0.1) is 10.2 Å². The van der Waals surface area contributed by atoms with Crippen LogP contribution in [0.1, 0.15) is 17.5 Å². The summed E-state index contributed by atoms with van der Waals surface area (Å²) in [5.41, 5.74) is 19.8. The number of aryl methyl sites for hydroxylation is 1. The van der Waals surface area contributed by atoms with E-state index >= 15 is 0 Å². The summed E-state index contributed by atoms with van der Waals surface area (Å²) < 4.78 is 8.51. The standard InChI is InChI=1S/C64H43N3O/c1-2-14-46(15-3-1)63-65-66-64(68-63)47-26-24-44(25-27-47)55-18-8-10-20-57(55)58-21-11-9-19-56(58)45-30-34-54(35-31-45)67-61-36-32-52(50-28-22-42-12-4-6-16-48(42)38-50)40-59(61)60-41-53(33-37-62(60)67)51-29-23-43-13-5-7-17-49(43)39-51/h1-4,6-12,14-41H,5,13H2. The maximum absolute atomic E-state index is 6.08. The van der Waals surface area contributed by atoms with Gasteiger partial charge in [-0.2, -0.15) is 0 Å². The molecule has 2 aromatic heterocycles. The lowest BCUT2D eigenvalue weighted by atomic mass is 9.89. The Morgan fingerprint density at radius 1 is 0.368 bits per heavy atom. The minimum Gasteiger partial charge on any atom is -0.416 e. The Morgan fingerprint density at radius 2 is 0.853 bits per heavy atom. The van der Waals surface area contributed by atoms with Crippen molar-refractivity contribution in [3.63, 3.8) is 0 Å². The second-order valence-corrected chi connectivity index (χ2v) is 17.7. The molecule has 0 unspecified atom stereocenters. The van der Waals surface area contributed by atoms with E-state index in [0.29, 0.717) is 11.8 Å². The lowest BCUT2D eigenvalue weighted by Crippen LogP contribution is -1.95. The maximum atomic E-state index is 6.08. The summed E-state index contributed by atoms with van der Waals surface area (Å²) >= 11 is 0. The van der Waals surface area contributed by atoms with Gasteiger partial charge in [-0.25, -0.2) is 0 Å². The molecule has 1 aliphatic carbocycles. The Labute approximate surface area is 394 Å². The average Bonchev–Trinajstić information content (AvgIpc) is 4.04. The van der Waals surface area contributed by atoms with Crippen molar-refractivity contribution in [3.05, 3.63) is 242 Å². The molecule has 1 aliphatic rings. The molecule has 10 aromatic carbocycles. The molecule has 4 heteroatoms. The number of hydrogen-bond donors (Lipinski definition) is 0. The molecule has 4 nitrogen and oxygen atoms in total. The van der Waals surface area contributed by atoms with Crippen LogP contribution in [0.25, 0.3) is 123 Å². The molecule has 0 amide bonds. The maximum Gasteiger partial charge on any atom is 0.248 e. The van der Waals surface area contributed by atoms with Crippen molar-refractivity contribution in [2.24, 2.45) is 0 Å². The topological polar surface area (TPSA) is 43.9 Å². The first-order chi connectivity index (χ1) is 33.7. The predicted octanol–water partition coefficient (Wildman–Crippen LogP) is 16.9. The van der Waals surface area contributed by atoms with Gasteiger partial charge in [0.1, 0.15) is 0 Å². The van der Waals surface area contributed by atoms with Gasteiger partial charge in [0.05, 0.1) is 11.0 Å². The third-order valence-corrected chi connectivity index (χ3v) is 13.7. The quantitative estimate of drug-likeness (QED) is 0.153. The van der Waals surface area contributed by atoms with Crippen molar-refractivity contribution in [1.82, 2.24) is 14.8 Å². The Hall–Kier alpha value is -8.86. The number of benzene rings is 10. The molecule has 320 valence electrons. The smallest absolute Gasteiger partial charge is 0.248 e. The first kappa shape index (κ1) is 39.5. The minimum atomic E-state index is 0.497. The Kier molecular flexibility index (Phi) is 9.61. The molecule has 0 fully saturated rings. The van der Waals surface area contributed by atoms with Gasteiger partial charge in [0.2, 0.25) is 11.8 Å². The lowest BCUT2D eigenvalue weighted by molar-refractivity contribution is 0.584. The summed E-state index contributed by atoms with van der Waals surface area (Å²) in [5.74, 6) is 1.01. The summed E-state index contributed by atoms with van der Waals surface area (Å²) in [6.45, 7) is 0. The summed E-state index contributed by atoms with van der Waals surface area (Å²) in [7, 11) is 0. The van der Waals surface area contributed by atoms with Crippen LogP contribution in [0.2, 0.25) is 0 Å². The van der Waals surface area contributed by atoms with Crippen LogP contribution < -0.4 is 0 Å². The number of nitrogens with zero attached hydrogens (tertiary/aromatic N) is 3. The zero-order valence-electron chi connectivity index (χ0n) is 37.2. The first-order valence-electron chi connectivity index (χ1n) is 23.3. The van der Waals surface area contributed by atoms with E-state index in [1.165, 1.54) is 82.6 Å². The predicted molar refractivity (Wildman–Crippen MR) is 282 cm³/mol. The zero-order chi connectivity index (χ0) is 45.0. The van der Waals surface area contributed by atoms with Crippen LogP contribution in [0.5, 0.6) is 0 Å². The van der Waals surface area contributed by atoms with Crippen molar-refractivity contribution in [1.29, 1.82) is 0 Å². The second-order valence-electron chi connectivity index (χ2n) is 17.7. The Bertz CT molecular complexity index is 3890. The van der Waals surface area contributed by atoms with Crippen LogP contribution in [0.15, 0.2) is 235 Å². The molecule has 68 heavy (non-hydrogen) atoms. The zero-order valence-corrected chi connectivity index (χ0v) is 37.2. The highest BCUT2D eigenvalue weighted by Crippen LogP contribution is 2.41. The van der Waals surface area contributed by atoms with Gasteiger partial charge in [-0.3, -0.25) is 0 Å². The number of aromatic nitrogens is 3. The molecule has 0 N–H and O–H groups in total. The Balaban J connectivity index is 0.872. The summed E-state index contributed by atoms with van der Waals surface area (Å²) in [6, 6.07) is 81.1. The van der Waals surface area contributed by atoms with Crippen LogP contribution in [0.3, 0.4) is 0 Å². The molecular weight excluding hydrogens is 827 g/mol. The van der Waals surface area contributed by atoms with Gasteiger partial charge >= 0.3 is 0 Å². The van der Waals surface area contributed by atoms with E-state index in [1.54, 1.807) is 0 Å². The largest absolute Gasteiger partial charge is 0.416 e. The van der Waals surface area contributed by atoms with Gasteiger partial charge in [0, 0.05) is 27.6 Å². The molecule has 0 saturated heterocycles. The lowest BCUT2D eigenvalue weighted by Gasteiger charge is -2.16. The number of rotatable bonds is 8. The van der Waals surface area contributed by atoms with E-state index in [0.717, 1.165) is 46.3 Å². The molecule has 2 heterocycles. The van der Waals surface area contributed by atoms with E-state index in [4.69, 9.17) is 4.42 Å². The van der Waals surface area contributed by atoms with E-state index in [-0.39, 0.29) is 0 Å². The fourth-order valence-corrected chi connectivity index (χ4v) is 10.2. The van der Waals surface area contributed by atoms with E-state index in [1.807, 2.05) is 30.3 Å². The summed E-state index contributed by atoms with van der Waals surface area (Å²) in [5, 5.41) is 13.6. The van der Waals surface area contributed by atoms with E-state index < -0.39 is 0 Å². The van der Waals surface area contributed by atoms with Crippen LogP contribution in [-0.2, 0) is 6.42 Å². The second kappa shape index (κ2) is 16.5. The molecule has 0 atom stereocenters. The third-order valence-electron chi connectivity index (χ3n) is 13.7. The minimum absolute atomic E-state index is 0.497. The molecule has 13 rings (SSSR count). The normalized spacial score (nSPS) is 12.2. The average molecular weight is 870 g/mol. The van der Waals surface area contributed by atoms with Crippen molar-refractivity contribution in [2.45, 2.75) is 12.8 Å². The molecular formula is C64H43N3O. The molecule has 0 radical (unpaired) electrons. The first-order valence-corrected chi connectivity index (χ1v) is 23.3.